The van der Waals surface area contributed by atoms with E-state index in [0.717, 1.165) is 11.4 Å². The van der Waals surface area contributed by atoms with Crippen LogP contribution in [0.5, 0.6) is 0 Å². The van der Waals surface area contributed by atoms with E-state index >= 15 is 0 Å². The van der Waals surface area contributed by atoms with Gasteiger partial charge in [-0.25, -0.2) is 4.79 Å². The molecule has 1 unspecified atom stereocenters. The first-order valence-corrected chi connectivity index (χ1v) is 8.62. The Morgan fingerprint density at radius 2 is 1.96 bits per heavy atom. The van der Waals surface area contributed by atoms with Crippen LogP contribution < -0.4 is 10.2 Å². The zero-order valence-corrected chi connectivity index (χ0v) is 15.4. The Morgan fingerprint density at radius 1 is 1.24 bits per heavy atom. The van der Waals surface area contributed by atoms with Crippen LogP contribution in [0.3, 0.4) is 0 Å². The summed E-state index contributed by atoms with van der Waals surface area (Å²) in [4.78, 5) is 21.2. The van der Waals surface area contributed by atoms with Crippen molar-refractivity contribution in [2.75, 3.05) is 32.1 Å². The number of benzene rings is 1. The average molecular weight is 338 g/mol. The highest BCUT2D eigenvalue weighted by Gasteiger charge is 2.39. The summed E-state index contributed by atoms with van der Waals surface area (Å²) in [7, 11) is 4.06. The minimum atomic E-state index is -0.131. The molecule has 0 spiro atoms. The second-order valence-electron chi connectivity index (χ2n) is 7.42. The fourth-order valence-corrected chi connectivity index (χ4v) is 3.43. The normalized spacial score (nSPS) is 16.6. The first-order valence-electron chi connectivity index (χ1n) is 8.62. The largest absolute Gasteiger partial charge is 0.336 e. The second-order valence-corrected chi connectivity index (χ2v) is 7.42. The molecule has 1 aliphatic heterocycles. The summed E-state index contributed by atoms with van der Waals surface area (Å²) in [5.41, 5.74) is 2.95. The summed E-state index contributed by atoms with van der Waals surface area (Å²) in [6, 6.07) is 14.2. The molecular formula is C20H26N4O. The first-order chi connectivity index (χ1) is 11.9. The standard InChI is InChI=1S/C20H26N4O/c1-20(2)14-24(16-11-8-12-21-18(16)20)19(25)22-13-17(23(3)4)15-9-6-5-7-10-15/h5-12,17H,13-14H2,1-4H3,(H,22,25). The summed E-state index contributed by atoms with van der Waals surface area (Å²) in [5.74, 6) is 0. The number of pyridine rings is 1. The van der Waals surface area contributed by atoms with Crippen LogP contribution in [0.4, 0.5) is 10.5 Å². The summed E-state index contributed by atoms with van der Waals surface area (Å²) >= 11 is 0. The Kier molecular flexibility index (Phi) is 4.77. The number of amides is 2. The molecule has 1 aromatic heterocycles. The number of urea groups is 1. The van der Waals surface area contributed by atoms with Crippen LogP contribution in [0.2, 0.25) is 0 Å². The van der Waals surface area contributed by atoms with Crippen molar-refractivity contribution in [1.82, 2.24) is 15.2 Å². The fraction of sp³-hybridized carbons (Fsp3) is 0.400. The lowest BCUT2D eigenvalue weighted by molar-refractivity contribution is 0.237. The maximum atomic E-state index is 12.8. The average Bonchev–Trinajstić information content (AvgIpc) is 2.87. The Balaban J connectivity index is 1.73. The van der Waals surface area contributed by atoms with Gasteiger partial charge in [0, 0.05) is 24.7 Å². The number of hydrogen-bond acceptors (Lipinski definition) is 3. The molecule has 132 valence electrons. The molecule has 1 aliphatic rings. The van der Waals surface area contributed by atoms with Gasteiger partial charge in [0.25, 0.3) is 0 Å². The highest BCUT2D eigenvalue weighted by Crippen LogP contribution is 2.38. The molecule has 0 radical (unpaired) electrons. The second kappa shape index (κ2) is 6.84. The molecule has 2 heterocycles. The van der Waals surface area contributed by atoms with Crippen LogP contribution in [-0.2, 0) is 5.41 Å². The van der Waals surface area contributed by atoms with Crippen molar-refractivity contribution in [3.8, 4) is 0 Å². The van der Waals surface area contributed by atoms with Crippen molar-refractivity contribution >= 4 is 11.7 Å². The predicted molar refractivity (Wildman–Crippen MR) is 101 cm³/mol. The SMILES string of the molecule is CN(C)C(CNC(=O)N1CC(C)(C)c2ncccc21)c1ccccc1. The van der Waals surface area contributed by atoms with E-state index in [-0.39, 0.29) is 17.5 Å². The minimum absolute atomic E-state index is 0.0670. The van der Waals surface area contributed by atoms with Gasteiger partial charge in [-0.05, 0) is 31.8 Å². The fourth-order valence-electron chi connectivity index (χ4n) is 3.43. The molecule has 0 bridgehead atoms. The van der Waals surface area contributed by atoms with Gasteiger partial charge >= 0.3 is 6.03 Å². The third-order valence-electron chi connectivity index (χ3n) is 4.77. The van der Waals surface area contributed by atoms with E-state index in [9.17, 15) is 4.79 Å². The summed E-state index contributed by atoms with van der Waals surface area (Å²) in [6.07, 6.45) is 1.79. The van der Waals surface area contributed by atoms with E-state index in [0.29, 0.717) is 13.1 Å². The summed E-state index contributed by atoms with van der Waals surface area (Å²) < 4.78 is 0. The Morgan fingerprint density at radius 3 is 2.64 bits per heavy atom. The van der Waals surface area contributed by atoms with Crippen LogP contribution in [0.25, 0.3) is 0 Å². The van der Waals surface area contributed by atoms with Gasteiger partial charge in [0.2, 0.25) is 0 Å². The van der Waals surface area contributed by atoms with Crippen molar-refractivity contribution in [3.05, 3.63) is 59.9 Å². The maximum Gasteiger partial charge on any atom is 0.322 e. The van der Waals surface area contributed by atoms with E-state index < -0.39 is 0 Å². The van der Waals surface area contributed by atoms with Crippen molar-refractivity contribution in [3.63, 3.8) is 0 Å². The lowest BCUT2D eigenvalue weighted by atomic mass is 9.91. The molecule has 5 nitrogen and oxygen atoms in total. The van der Waals surface area contributed by atoms with Crippen molar-refractivity contribution in [2.24, 2.45) is 0 Å². The van der Waals surface area contributed by atoms with E-state index in [1.54, 1.807) is 11.1 Å². The number of nitrogens with zero attached hydrogens (tertiary/aromatic N) is 3. The molecule has 25 heavy (non-hydrogen) atoms. The number of carbonyl (C=O) groups excluding carboxylic acids is 1. The molecule has 5 heteroatoms. The highest BCUT2D eigenvalue weighted by molar-refractivity contribution is 5.94. The highest BCUT2D eigenvalue weighted by atomic mass is 16.2. The van der Waals surface area contributed by atoms with E-state index in [1.807, 2.05) is 44.4 Å². The van der Waals surface area contributed by atoms with Gasteiger partial charge in [-0.3, -0.25) is 9.88 Å². The molecular weight excluding hydrogens is 312 g/mol. The molecule has 3 rings (SSSR count). The number of anilines is 1. The van der Waals surface area contributed by atoms with Gasteiger partial charge in [0.05, 0.1) is 17.4 Å². The van der Waals surface area contributed by atoms with E-state index in [2.05, 4.69) is 41.2 Å². The minimum Gasteiger partial charge on any atom is -0.336 e. The number of fused-ring (bicyclic) bond motifs is 1. The third kappa shape index (κ3) is 3.51. The molecule has 0 fully saturated rings. The molecule has 0 aliphatic carbocycles. The quantitative estimate of drug-likeness (QED) is 0.931. The van der Waals surface area contributed by atoms with Crippen molar-refractivity contribution in [2.45, 2.75) is 25.3 Å². The number of hydrogen-bond donors (Lipinski definition) is 1. The van der Waals surface area contributed by atoms with E-state index in [4.69, 9.17) is 0 Å². The summed E-state index contributed by atoms with van der Waals surface area (Å²) in [6.45, 7) is 5.45. The van der Waals surface area contributed by atoms with Crippen LogP contribution in [0.1, 0.15) is 31.1 Å². The van der Waals surface area contributed by atoms with Gasteiger partial charge in [-0.2, -0.15) is 0 Å². The topological polar surface area (TPSA) is 48.5 Å². The molecule has 2 amide bonds. The Bertz CT molecular complexity index is 742. The van der Waals surface area contributed by atoms with Crippen molar-refractivity contribution in [1.29, 1.82) is 0 Å². The van der Waals surface area contributed by atoms with Crippen LogP contribution in [0, 0.1) is 0 Å². The van der Waals surface area contributed by atoms with Gasteiger partial charge in [0.15, 0.2) is 0 Å². The van der Waals surface area contributed by atoms with Crippen LogP contribution in [0.15, 0.2) is 48.7 Å². The Labute approximate surface area is 149 Å². The predicted octanol–water partition coefficient (Wildman–Crippen LogP) is 3.19. The van der Waals surface area contributed by atoms with Crippen LogP contribution in [-0.4, -0.2) is 43.1 Å². The smallest absolute Gasteiger partial charge is 0.322 e. The number of aromatic nitrogens is 1. The monoisotopic (exact) mass is 338 g/mol. The molecule has 0 saturated heterocycles. The number of likely N-dealkylation sites (N-methyl/N-ethyl adjacent to an activating group) is 1. The molecule has 1 N–H and O–H groups in total. The first kappa shape index (κ1) is 17.4. The Hall–Kier alpha value is -2.40. The van der Waals surface area contributed by atoms with Gasteiger partial charge in [0.1, 0.15) is 0 Å². The maximum absolute atomic E-state index is 12.8. The van der Waals surface area contributed by atoms with Crippen LogP contribution >= 0.6 is 0 Å². The lowest BCUT2D eigenvalue weighted by Gasteiger charge is -2.27. The molecule has 1 aromatic carbocycles. The molecule has 2 aromatic rings. The van der Waals surface area contributed by atoms with Crippen molar-refractivity contribution < 1.29 is 4.79 Å². The lowest BCUT2D eigenvalue weighted by Crippen LogP contribution is -2.44. The number of nitrogens with one attached hydrogen (secondary N) is 1. The summed E-state index contributed by atoms with van der Waals surface area (Å²) in [5, 5.41) is 3.10. The number of carbonyl (C=O) groups is 1. The van der Waals surface area contributed by atoms with Gasteiger partial charge in [-0.15, -0.1) is 0 Å². The van der Waals surface area contributed by atoms with Gasteiger partial charge < -0.3 is 10.2 Å². The van der Waals surface area contributed by atoms with E-state index in [1.165, 1.54) is 5.56 Å². The molecule has 0 saturated carbocycles. The molecule has 1 atom stereocenters. The van der Waals surface area contributed by atoms with Gasteiger partial charge in [-0.1, -0.05) is 44.2 Å². The zero-order chi connectivity index (χ0) is 18.0. The zero-order valence-electron chi connectivity index (χ0n) is 15.4. The third-order valence-corrected chi connectivity index (χ3v) is 4.77. The number of rotatable bonds is 4.